The van der Waals surface area contributed by atoms with E-state index < -0.39 is 29.6 Å². The number of carbonyl (C=O) groups excluding carboxylic acids is 2. The summed E-state index contributed by atoms with van der Waals surface area (Å²) in [4.78, 5) is 42.0. The molecule has 1 fully saturated rings. The van der Waals surface area contributed by atoms with Gasteiger partial charge in [0.05, 0.1) is 24.3 Å². The summed E-state index contributed by atoms with van der Waals surface area (Å²) < 4.78 is 17.5. The molecule has 1 aliphatic heterocycles. The van der Waals surface area contributed by atoms with E-state index in [4.69, 9.17) is 19.9 Å². The number of aliphatic hydroxyl groups is 1. The van der Waals surface area contributed by atoms with Crippen LogP contribution in [0.25, 0.3) is 11.0 Å². The maximum absolute atomic E-state index is 12.7. The van der Waals surface area contributed by atoms with Crippen LogP contribution in [-0.4, -0.2) is 62.7 Å². The predicted octanol–water partition coefficient (Wildman–Crippen LogP) is -0.172. The fourth-order valence-corrected chi connectivity index (χ4v) is 3.46. The molecule has 0 aromatic carbocycles. The van der Waals surface area contributed by atoms with E-state index in [1.807, 2.05) is 6.92 Å². The molecule has 4 N–H and O–H groups in total. The summed E-state index contributed by atoms with van der Waals surface area (Å²) in [5, 5.41) is 14.2. The van der Waals surface area contributed by atoms with Crippen molar-refractivity contribution in [2.45, 2.75) is 45.4 Å². The Bertz CT molecular complexity index is 983. The minimum absolute atomic E-state index is 0.0555. The number of ether oxygens (including phenoxy) is 3. The number of hydrogen-bond acceptors (Lipinski definition) is 10. The summed E-state index contributed by atoms with van der Waals surface area (Å²) in [6, 6.07) is 0. The number of nitrogen functional groups attached to an aromatic ring is 1. The molecule has 1 unspecified atom stereocenters. The SMILES string of the molecule is CC(=O)OCC(COC(C)=O)c1nn([C@H]2CC(C)[C@@H](CO)O2)c2nc(N)[nH]c(=O)c12. The Labute approximate surface area is 171 Å². The molecule has 0 bridgehead atoms. The van der Waals surface area contributed by atoms with Crippen molar-refractivity contribution < 1.29 is 28.9 Å². The number of nitrogens with two attached hydrogens (primary N) is 1. The summed E-state index contributed by atoms with van der Waals surface area (Å²) >= 11 is 0. The second kappa shape index (κ2) is 8.79. The summed E-state index contributed by atoms with van der Waals surface area (Å²) in [7, 11) is 0. The molecule has 12 heteroatoms. The maximum Gasteiger partial charge on any atom is 0.302 e. The van der Waals surface area contributed by atoms with E-state index >= 15 is 0 Å². The lowest BCUT2D eigenvalue weighted by Crippen LogP contribution is -2.21. The first-order chi connectivity index (χ1) is 14.2. The molecule has 0 aliphatic carbocycles. The van der Waals surface area contributed by atoms with Gasteiger partial charge in [0, 0.05) is 13.8 Å². The Hall–Kier alpha value is -2.99. The van der Waals surface area contributed by atoms with Crippen LogP contribution in [0.5, 0.6) is 0 Å². The third-order valence-electron chi connectivity index (χ3n) is 4.96. The molecular formula is C18H25N5O7. The van der Waals surface area contributed by atoms with Crippen molar-refractivity contribution in [1.82, 2.24) is 19.7 Å². The number of H-pyrrole nitrogens is 1. The highest BCUT2D eigenvalue weighted by Gasteiger charge is 2.36. The highest BCUT2D eigenvalue weighted by atomic mass is 16.5. The number of esters is 2. The number of carbonyl (C=O) groups is 2. The van der Waals surface area contributed by atoms with Crippen molar-refractivity contribution in [3.8, 4) is 0 Å². The average molecular weight is 423 g/mol. The third-order valence-corrected chi connectivity index (χ3v) is 4.96. The molecule has 1 aliphatic rings. The van der Waals surface area contributed by atoms with Gasteiger partial charge in [-0.15, -0.1) is 0 Å². The van der Waals surface area contributed by atoms with Gasteiger partial charge >= 0.3 is 11.9 Å². The number of fused-ring (bicyclic) bond motifs is 1. The van der Waals surface area contributed by atoms with E-state index in [2.05, 4.69) is 15.1 Å². The number of aliphatic hydroxyl groups excluding tert-OH is 1. The van der Waals surface area contributed by atoms with Crippen LogP contribution in [0.1, 0.15) is 45.0 Å². The number of aromatic nitrogens is 4. The van der Waals surface area contributed by atoms with Gasteiger partial charge in [0.25, 0.3) is 5.56 Å². The Kier molecular flexibility index (Phi) is 6.37. The predicted molar refractivity (Wildman–Crippen MR) is 103 cm³/mol. The van der Waals surface area contributed by atoms with Gasteiger partial charge in [0.1, 0.15) is 18.6 Å². The van der Waals surface area contributed by atoms with Gasteiger partial charge in [0.2, 0.25) is 5.95 Å². The van der Waals surface area contributed by atoms with Crippen molar-refractivity contribution >= 4 is 28.9 Å². The molecule has 2 aromatic rings. The second-order valence-corrected chi connectivity index (χ2v) is 7.31. The van der Waals surface area contributed by atoms with Crippen LogP contribution >= 0.6 is 0 Å². The Morgan fingerprint density at radius 3 is 2.50 bits per heavy atom. The van der Waals surface area contributed by atoms with Crippen molar-refractivity contribution in [3.63, 3.8) is 0 Å². The molecular weight excluding hydrogens is 398 g/mol. The molecule has 3 heterocycles. The monoisotopic (exact) mass is 423 g/mol. The molecule has 1 saturated heterocycles. The third kappa shape index (κ3) is 4.44. The van der Waals surface area contributed by atoms with Gasteiger partial charge in [0.15, 0.2) is 11.9 Å². The molecule has 0 radical (unpaired) electrons. The van der Waals surface area contributed by atoms with E-state index in [1.54, 1.807) is 0 Å². The maximum atomic E-state index is 12.7. The Morgan fingerprint density at radius 2 is 1.97 bits per heavy atom. The van der Waals surface area contributed by atoms with Crippen LogP contribution < -0.4 is 11.3 Å². The second-order valence-electron chi connectivity index (χ2n) is 7.31. The molecule has 30 heavy (non-hydrogen) atoms. The van der Waals surface area contributed by atoms with Crippen LogP contribution in [0.15, 0.2) is 4.79 Å². The van der Waals surface area contributed by atoms with E-state index in [1.165, 1.54) is 18.5 Å². The molecule has 0 amide bonds. The summed E-state index contributed by atoms with van der Waals surface area (Å²) in [5.74, 6) is -1.80. The minimum atomic E-state index is -0.708. The lowest BCUT2D eigenvalue weighted by atomic mass is 10.0. The van der Waals surface area contributed by atoms with Crippen LogP contribution in [0.4, 0.5) is 5.95 Å². The van der Waals surface area contributed by atoms with Gasteiger partial charge in [-0.2, -0.15) is 10.1 Å². The first kappa shape index (κ1) is 21.7. The van der Waals surface area contributed by atoms with E-state index in [9.17, 15) is 19.5 Å². The zero-order valence-corrected chi connectivity index (χ0v) is 17.0. The van der Waals surface area contributed by atoms with Crippen LogP contribution in [0, 0.1) is 5.92 Å². The minimum Gasteiger partial charge on any atom is -0.465 e. The molecule has 0 spiro atoms. The number of hydrogen-bond donors (Lipinski definition) is 3. The quantitative estimate of drug-likeness (QED) is 0.508. The van der Waals surface area contributed by atoms with Gasteiger partial charge in [-0.1, -0.05) is 6.92 Å². The molecule has 164 valence electrons. The topological polar surface area (TPSA) is 172 Å². The molecule has 2 aromatic heterocycles. The smallest absolute Gasteiger partial charge is 0.302 e. The van der Waals surface area contributed by atoms with Crippen LogP contribution in [0.3, 0.4) is 0 Å². The van der Waals surface area contributed by atoms with Gasteiger partial charge in [-0.05, 0) is 12.3 Å². The first-order valence-electron chi connectivity index (χ1n) is 9.52. The number of nitrogens with zero attached hydrogens (tertiary/aromatic N) is 3. The van der Waals surface area contributed by atoms with Gasteiger partial charge < -0.3 is 25.1 Å². The Morgan fingerprint density at radius 1 is 1.33 bits per heavy atom. The number of nitrogens with one attached hydrogen (secondary N) is 1. The van der Waals surface area contributed by atoms with Crippen molar-refractivity contribution in [2.75, 3.05) is 25.6 Å². The van der Waals surface area contributed by atoms with Crippen LogP contribution in [-0.2, 0) is 23.8 Å². The lowest BCUT2D eigenvalue weighted by Gasteiger charge is -2.15. The average Bonchev–Trinajstić information content (AvgIpc) is 3.21. The first-order valence-corrected chi connectivity index (χ1v) is 9.52. The van der Waals surface area contributed by atoms with E-state index in [-0.39, 0.29) is 54.5 Å². The largest absolute Gasteiger partial charge is 0.465 e. The zero-order chi connectivity index (χ0) is 22.0. The van der Waals surface area contributed by atoms with Gasteiger partial charge in [-0.3, -0.25) is 19.4 Å². The zero-order valence-electron chi connectivity index (χ0n) is 17.0. The summed E-state index contributed by atoms with van der Waals surface area (Å²) in [6.07, 6.45) is -0.422. The number of rotatable bonds is 7. The highest BCUT2D eigenvalue weighted by molar-refractivity contribution is 5.79. The molecule has 12 nitrogen and oxygen atoms in total. The summed E-state index contributed by atoms with van der Waals surface area (Å²) in [6.45, 7) is 3.97. The van der Waals surface area contributed by atoms with E-state index in [0.717, 1.165) is 0 Å². The van der Waals surface area contributed by atoms with Gasteiger partial charge in [-0.25, -0.2) is 4.68 Å². The fourth-order valence-electron chi connectivity index (χ4n) is 3.46. The molecule has 3 rings (SSSR count). The molecule has 3 atom stereocenters. The normalized spacial score (nSPS) is 21.3. The van der Waals surface area contributed by atoms with E-state index in [0.29, 0.717) is 6.42 Å². The fraction of sp³-hybridized carbons (Fsp3) is 0.611. The van der Waals surface area contributed by atoms with Crippen molar-refractivity contribution in [1.29, 1.82) is 0 Å². The van der Waals surface area contributed by atoms with Crippen molar-refractivity contribution in [2.24, 2.45) is 5.92 Å². The van der Waals surface area contributed by atoms with Crippen molar-refractivity contribution in [3.05, 3.63) is 16.0 Å². The van der Waals surface area contributed by atoms with Crippen LogP contribution in [0.2, 0.25) is 0 Å². The molecule has 0 saturated carbocycles. The number of aromatic amines is 1. The Balaban J connectivity index is 2.09. The summed E-state index contributed by atoms with van der Waals surface area (Å²) in [5.41, 5.74) is 5.63. The number of anilines is 1. The highest BCUT2D eigenvalue weighted by Crippen LogP contribution is 2.35. The lowest BCUT2D eigenvalue weighted by molar-refractivity contribution is -0.144. The standard InChI is InChI=1S/C18H25N5O7/c1-8-4-13(30-12(8)5-24)23-16-14(17(27)21-18(19)20-16)15(22-23)11(6-28-9(2)25)7-29-10(3)26/h8,11-13,24H,4-7H2,1-3H3,(H3,19,20,21,27)/t8?,12-,13-/m1/s1.